The fraction of sp³-hybridized carbons (Fsp3) is 0.647. The minimum atomic E-state index is 0.439. The number of nitrogens with one attached hydrogen (secondary N) is 1. The Balaban J connectivity index is 2.07. The molecule has 0 aromatic heterocycles. The monoisotopic (exact) mass is 279 g/mol. The molecule has 2 rings (SSSR count). The zero-order valence-corrected chi connectivity index (χ0v) is 13.0. The van der Waals surface area contributed by atoms with Gasteiger partial charge in [0.1, 0.15) is 0 Å². The van der Waals surface area contributed by atoms with E-state index in [4.69, 9.17) is 11.6 Å². The second kappa shape index (κ2) is 6.76. The van der Waals surface area contributed by atoms with E-state index in [0.29, 0.717) is 5.41 Å². The Morgan fingerprint density at radius 3 is 2.63 bits per heavy atom. The molecular weight excluding hydrogens is 254 g/mol. The molecule has 0 unspecified atom stereocenters. The second-order valence-electron chi connectivity index (χ2n) is 6.16. The predicted molar refractivity (Wildman–Crippen MR) is 84.0 cm³/mol. The summed E-state index contributed by atoms with van der Waals surface area (Å²) < 4.78 is 0. The van der Waals surface area contributed by atoms with E-state index < -0.39 is 0 Å². The van der Waals surface area contributed by atoms with Crippen LogP contribution in [-0.4, -0.2) is 13.1 Å². The van der Waals surface area contributed by atoms with Gasteiger partial charge in [-0.1, -0.05) is 43.5 Å². The summed E-state index contributed by atoms with van der Waals surface area (Å²) in [5.74, 6) is 0. The van der Waals surface area contributed by atoms with E-state index in [1.54, 1.807) is 0 Å². The standard InChI is InChI=1S/C17H26ClN/c1-3-10-19-13-17(8-4-5-9-17)12-15-7-6-14(2)11-16(15)18/h6-7,11,19H,3-5,8-10,12-13H2,1-2H3. The van der Waals surface area contributed by atoms with Crippen molar-refractivity contribution >= 4 is 11.6 Å². The van der Waals surface area contributed by atoms with Gasteiger partial charge in [-0.3, -0.25) is 0 Å². The fourth-order valence-electron chi connectivity index (χ4n) is 3.27. The molecule has 1 N–H and O–H groups in total. The molecular formula is C17H26ClN. The van der Waals surface area contributed by atoms with Gasteiger partial charge in [-0.25, -0.2) is 0 Å². The molecule has 106 valence electrons. The minimum absolute atomic E-state index is 0.439. The molecule has 0 amide bonds. The lowest BCUT2D eigenvalue weighted by Crippen LogP contribution is -2.34. The molecule has 1 fully saturated rings. The molecule has 19 heavy (non-hydrogen) atoms. The van der Waals surface area contributed by atoms with Crippen LogP contribution in [0.1, 0.15) is 50.2 Å². The van der Waals surface area contributed by atoms with E-state index in [9.17, 15) is 0 Å². The van der Waals surface area contributed by atoms with E-state index >= 15 is 0 Å². The predicted octanol–water partition coefficient (Wildman–Crippen LogP) is 4.75. The molecule has 0 radical (unpaired) electrons. The maximum absolute atomic E-state index is 6.41. The molecule has 1 aliphatic rings. The lowest BCUT2D eigenvalue weighted by molar-refractivity contribution is 0.278. The van der Waals surface area contributed by atoms with E-state index in [2.05, 4.69) is 37.4 Å². The van der Waals surface area contributed by atoms with Crippen LogP contribution in [0, 0.1) is 12.3 Å². The van der Waals surface area contributed by atoms with E-state index in [0.717, 1.165) is 24.5 Å². The Hall–Kier alpha value is -0.530. The van der Waals surface area contributed by atoms with Crippen LogP contribution in [0.5, 0.6) is 0 Å². The van der Waals surface area contributed by atoms with Crippen LogP contribution in [0.4, 0.5) is 0 Å². The van der Waals surface area contributed by atoms with Crippen molar-refractivity contribution in [2.24, 2.45) is 5.41 Å². The third kappa shape index (κ3) is 3.97. The zero-order valence-electron chi connectivity index (χ0n) is 12.3. The highest BCUT2D eigenvalue weighted by molar-refractivity contribution is 6.31. The molecule has 1 nitrogen and oxygen atoms in total. The summed E-state index contributed by atoms with van der Waals surface area (Å²) in [6.07, 6.45) is 7.76. The van der Waals surface area contributed by atoms with Gasteiger partial charge in [0.2, 0.25) is 0 Å². The largest absolute Gasteiger partial charge is 0.316 e. The van der Waals surface area contributed by atoms with Crippen LogP contribution in [0.2, 0.25) is 5.02 Å². The Bertz CT molecular complexity index is 408. The molecule has 0 spiro atoms. The summed E-state index contributed by atoms with van der Waals surface area (Å²) in [6.45, 7) is 6.60. The van der Waals surface area contributed by atoms with E-state index in [-0.39, 0.29) is 0 Å². The smallest absolute Gasteiger partial charge is 0.0440 e. The van der Waals surface area contributed by atoms with Crippen molar-refractivity contribution in [1.29, 1.82) is 0 Å². The van der Waals surface area contributed by atoms with Crippen molar-refractivity contribution in [3.05, 3.63) is 34.3 Å². The summed E-state index contributed by atoms with van der Waals surface area (Å²) in [4.78, 5) is 0. The number of benzene rings is 1. The lowest BCUT2D eigenvalue weighted by atomic mass is 9.79. The molecule has 1 aromatic carbocycles. The van der Waals surface area contributed by atoms with Crippen molar-refractivity contribution < 1.29 is 0 Å². The molecule has 0 heterocycles. The quantitative estimate of drug-likeness (QED) is 0.741. The van der Waals surface area contributed by atoms with Gasteiger partial charge < -0.3 is 5.32 Å². The maximum atomic E-state index is 6.41. The first-order valence-corrected chi connectivity index (χ1v) is 7.99. The summed E-state index contributed by atoms with van der Waals surface area (Å²) in [5.41, 5.74) is 3.01. The van der Waals surface area contributed by atoms with Gasteiger partial charge in [-0.15, -0.1) is 0 Å². The van der Waals surface area contributed by atoms with Crippen LogP contribution >= 0.6 is 11.6 Å². The normalized spacial score (nSPS) is 17.8. The van der Waals surface area contributed by atoms with Gasteiger partial charge in [0.05, 0.1) is 0 Å². The Morgan fingerprint density at radius 1 is 1.26 bits per heavy atom. The van der Waals surface area contributed by atoms with Crippen LogP contribution in [0.15, 0.2) is 18.2 Å². The van der Waals surface area contributed by atoms with Crippen LogP contribution in [0.3, 0.4) is 0 Å². The Morgan fingerprint density at radius 2 is 2.00 bits per heavy atom. The van der Waals surface area contributed by atoms with Gasteiger partial charge in [0.15, 0.2) is 0 Å². The molecule has 2 heteroatoms. The summed E-state index contributed by atoms with van der Waals surface area (Å²) in [7, 11) is 0. The highest BCUT2D eigenvalue weighted by Gasteiger charge is 2.33. The van der Waals surface area contributed by atoms with Crippen molar-refractivity contribution in [3.8, 4) is 0 Å². The van der Waals surface area contributed by atoms with Crippen molar-refractivity contribution in [2.75, 3.05) is 13.1 Å². The molecule has 1 aliphatic carbocycles. The third-order valence-corrected chi connectivity index (χ3v) is 4.72. The van der Waals surface area contributed by atoms with Crippen molar-refractivity contribution in [3.63, 3.8) is 0 Å². The highest BCUT2D eigenvalue weighted by atomic mass is 35.5. The fourth-order valence-corrected chi connectivity index (χ4v) is 3.57. The molecule has 1 saturated carbocycles. The van der Waals surface area contributed by atoms with Crippen LogP contribution in [0.25, 0.3) is 0 Å². The topological polar surface area (TPSA) is 12.0 Å². The first kappa shape index (κ1) is 14.9. The number of rotatable bonds is 6. The Labute approximate surface area is 122 Å². The summed E-state index contributed by atoms with van der Waals surface area (Å²) in [5, 5.41) is 4.57. The molecule has 0 atom stereocenters. The van der Waals surface area contributed by atoms with Gasteiger partial charge in [0, 0.05) is 11.6 Å². The van der Waals surface area contributed by atoms with Crippen LogP contribution in [-0.2, 0) is 6.42 Å². The van der Waals surface area contributed by atoms with E-state index in [1.807, 2.05) is 0 Å². The number of aryl methyl sites for hydroxylation is 1. The third-order valence-electron chi connectivity index (χ3n) is 4.37. The highest BCUT2D eigenvalue weighted by Crippen LogP contribution is 2.41. The molecule has 0 bridgehead atoms. The first-order chi connectivity index (χ1) is 9.15. The first-order valence-electron chi connectivity index (χ1n) is 7.61. The van der Waals surface area contributed by atoms with Gasteiger partial charge in [0.25, 0.3) is 0 Å². The lowest BCUT2D eigenvalue weighted by Gasteiger charge is -2.30. The SMILES string of the molecule is CCCNCC1(Cc2ccc(C)cc2Cl)CCCC1. The number of hydrogen-bond acceptors (Lipinski definition) is 1. The Kier molecular flexibility index (Phi) is 5.29. The average molecular weight is 280 g/mol. The van der Waals surface area contributed by atoms with Gasteiger partial charge in [-0.2, -0.15) is 0 Å². The van der Waals surface area contributed by atoms with Crippen molar-refractivity contribution in [2.45, 2.75) is 52.4 Å². The summed E-state index contributed by atoms with van der Waals surface area (Å²) in [6, 6.07) is 6.50. The van der Waals surface area contributed by atoms with Crippen molar-refractivity contribution in [1.82, 2.24) is 5.32 Å². The second-order valence-corrected chi connectivity index (χ2v) is 6.56. The molecule has 0 aliphatic heterocycles. The van der Waals surface area contributed by atoms with Gasteiger partial charge >= 0.3 is 0 Å². The number of hydrogen-bond donors (Lipinski definition) is 1. The maximum Gasteiger partial charge on any atom is 0.0440 e. The van der Waals surface area contributed by atoms with E-state index in [1.165, 1.54) is 43.2 Å². The number of halogens is 1. The van der Waals surface area contributed by atoms with Gasteiger partial charge in [-0.05, 0) is 61.8 Å². The van der Waals surface area contributed by atoms with Crippen LogP contribution < -0.4 is 5.32 Å². The average Bonchev–Trinajstić information content (AvgIpc) is 2.82. The minimum Gasteiger partial charge on any atom is -0.316 e. The molecule has 0 saturated heterocycles. The zero-order chi connectivity index (χ0) is 13.7. The molecule has 1 aromatic rings. The summed E-state index contributed by atoms with van der Waals surface area (Å²) >= 11 is 6.41.